The molecule has 1 N–H and O–H groups in total. The molecule has 0 saturated carbocycles. The minimum atomic E-state index is -1.19. The molecule has 1 fully saturated rings. The van der Waals surface area contributed by atoms with Gasteiger partial charge in [0.25, 0.3) is 0 Å². The molecule has 10 heteroatoms. The van der Waals surface area contributed by atoms with Gasteiger partial charge >= 0.3 is 11.7 Å². The standard InChI is InChI=1S/C14H20N4O6/c1-14(2,17-7-10(6-15-17)18(22)23)13(21)16-8-11(24-3)4-9(16)5-12(19)20/h6-7,9,11H,4-5,8H2,1-3H3,(H,19,20). The summed E-state index contributed by atoms with van der Waals surface area (Å²) in [6, 6.07) is -0.482. The summed E-state index contributed by atoms with van der Waals surface area (Å²) in [5.41, 5.74) is -1.40. The van der Waals surface area contributed by atoms with Crippen LogP contribution in [0.5, 0.6) is 0 Å². The summed E-state index contributed by atoms with van der Waals surface area (Å²) in [4.78, 5) is 35.7. The smallest absolute Gasteiger partial charge is 0.307 e. The first-order valence-corrected chi connectivity index (χ1v) is 7.42. The lowest BCUT2D eigenvalue weighted by atomic mass is 10.0. The van der Waals surface area contributed by atoms with Crippen LogP contribution in [0.15, 0.2) is 12.4 Å². The van der Waals surface area contributed by atoms with Gasteiger partial charge in [0.15, 0.2) is 0 Å². The number of methoxy groups -OCH3 is 1. The normalized spacial score (nSPS) is 21.0. The van der Waals surface area contributed by atoms with Crippen LogP contribution in [0.1, 0.15) is 26.7 Å². The third-order valence-corrected chi connectivity index (χ3v) is 4.26. The van der Waals surface area contributed by atoms with Crippen molar-refractivity contribution in [1.29, 1.82) is 0 Å². The van der Waals surface area contributed by atoms with Gasteiger partial charge < -0.3 is 14.7 Å². The zero-order valence-electron chi connectivity index (χ0n) is 13.7. The number of nitrogens with zero attached hydrogens (tertiary/aromatic N) is 4. The lowest BCUT2D eigenvalue weighted by molar-refractivity contribution is -0.385. The first kappa shape index (κ1) is 17.9. The minimum Gasteiger partial charge on any atom is -0.481 e. The van der Waals surface area contributed by atoms with E-state index in [9.17, 15) is 19.7 Å². The van der Waals surface area contributed by atoms with Gasteiger partial charge in [0.05, 0.1) is 17.4 Å². The second-order valence-electron chi connectivity index (χ2n) is 6.26. The summed E-state index contributed by atoms with van der Waals surface area (Å²) in [6.07, 6.45) is 2.28. The quantitative estimate of drug-likeness (QED) is 0.593. The number of ether oxygens (including phenoxy) is 1. The predicted molar refractivity (Wildman–Crippen MR) is 81.4 cm³/mol. The maximum atomic E-state index is 12.9. The van der Waals surface area contributed by atoms with Crippen molar-refractivity contribution >= 4 is 17.6 Å². The van der Waals surface area contributed by atoms with E-state index in [-0.39, 0.29) is 30.7 Å². The Morgan fingerprint density at radius 1 is 1.54 bits per heavy atom. The van der Waals surface area contributed by atoms with Crippen molar-refractivity contribution in [3.05, 3.63) is 22.5 Å². The van der Waals surface area contributed by atoms with Crippen LogP contribution in [0.2, 0.25) is 0 Å². The van der Waals surface area contributed by atoms with E-state index in [1.165, 1.54) is 22.9 Å². The fraction of sp³-hybridized carbons (Fsp3) is 0.643. The highest BCUT2D eigenvalue weighted by Crippen LogP contribution is 2.29. The summed E-state index contributed by atoms with van der Waals surface area (Å²) in [5, 5.41) is 23.7. The molecule has 0 aromatic carbocycles. The van der Waals surface area contributed by atoms with Gasteiger partial charge in [0.1, 0.15) is 17.9 Å². The Balaban J connectivity index is 2.25. The van der Waals surface area contributed by atoms with Crippen LogP contribution in [0, 0.1) is 10.1 Å². The Morgan fingerprint density at radius 2 is 2.21 bits per heavy atom. The van der Waals surface area contributed by atoms with E-state index in [2.05, 4.69) is 5.10 Å². The van der Waals surface area contributed by atoms with Crippen LogP contribution in [0.4, 0.5) is 5.69 Å². The third-order valence-electron chi connectivity index (χ3n) is 4.26. The summed E-state index contributed by atoms with van der Waals surface area (Å²) in [5.74, 6) is -1.35. The zero-order valence-corrected chi connectivity index (χ0v) is 13.7. The number of hydrogen-bond acceptors (Lipinski definition) is 6. The average molecular weight is 340 g/mol. The van der Waals surface area contributed by atoms with E-state index >= 15 is 0 Å². The van der Waals surface area contributed by atoms with E-state index in [0.717, 1.165) is 6.20 Å². The molecule has 1 aromatic heterocycles. The Morgan fingerprint density at radius 3 is 2.71 bits per heavy atom. The number of carboxylic acid groups (broad SMARTS) is 1. The van der Waals surface area contributed by atoms with Gasteiger partial charge in [0, 0.05) is 19.7 Å². The van der Waals surface area contributed by atoms with Crippen molar-refractivity contribution in [3.63, 3.8) is 0 Å². The minimum absolute atomic E-state index is 0.180. The van der Waals surface area contributed by atoms with Crippen LogP contribution in [-0.4, -0.2) is 62.4 Å². The van der Waals surface area contributed by atoms with Crippen LogP contribution >= 0.6 is 0 Å². The van der Waals surface area contributed by atoms with Crippen LogP contribution in [0.25, 0.3) is 0 Å². The van der Waals surface area contributed by atoms with Gasteiger partial charge in [-0.15, -0.1) is 0 Å². The highest BCUT2D eigenvalue weighted by atomic mass is 16.6. The lowest BCUT2D eigenvalue weighted by Crippen LogP contribution is -2.49. The van der Waals surface area contributed by atoms with E-state index in [1.807, 2.05) is 0 Å². The van der Waals surface area contributed by atoms with Crippen molar-refractivity contribution in [1.82, 2.24) is 14.7 Å². The van der Waals surface area contributed by atoms with Gasteiger partial charge in [0.2, 0.25) is 5.91 Å². The Bertz CT molecular complexity index is 655. The van der Waals surface area contributed by atoms with Gasteiger partial charge in [-0.3, -0.25) is 24.4 Å². The van der Waals surface area contributed by atoms with Crippen LogP contribution in [-0.2, 0) is 19.9 Å². The van der Waals surface area contributed by atoms with Crippen molar-refractivity contribution in [3.8, 4) is 0 Å². The van der Waals surface area contributed by atoms with Crippen molar-refractivity contribution in [2.45, 2.75) is 44.4 Å². The monoisotopic (exact) mass is 340 g/mol. The van der Waals surface area contributed by atoms with Gasteiger partial charge in [-0.25, -0.2) is 0 Å². The third kappa shape index (κ3) is 3.37. The molecule has 1 aliphatic rings. The fourth-order valence-electron chi connectivity index (χ4n) is 2.85. The molecule has 2 heterocycles. The molecule has 2 rings (SSSR count). The van der Waals surface area contributed by atoms with E-state index < -0.39 is 22.5 Å². The molecule has 1 saturated heterocycles. The number of likely N-dealkylation sites (tertiary alicyclic amines) is 1. The van der Waals surface area contributed by atoms with Gasteiger partial charge in [-0.05, 0) is 20.3 Å². The molecule has 2 atom stereocenters. The molecular formula is C14H20N4O6. The maximum Gasteiger partial charge on any atom is 0.307 e. The number of carboxylic acids is 1. The van der Waals surface area contributed by atoms with Crippen LogP contribution in [0.3, 0.4) is 0 Å². The summed E-state index contributed by atoms with van der Waals surface area (Å²) >= 11 is 0. The highest BCUT2D eigenvalue weighted by molar-refractivity contribution is 5.85. The molecule has 1 amide bonds. The number of amides is 1. The molecule has 24 heavy (non-hydrogen) atoms. The molecule has 1 aromatic rings. The second kappa shape index (κ2) is 6.56. The highest BCUT2D eigenvalue weighted by Gasteiger charge is 2.43. The van der Waals surface area contributed by atoms with Gasteiger partial charge in [-0.2, -0.15) is 5.10 Å². The molecular weight excluding hydrogens is 320 g/mol. The fourth-order valence-corrected chi connectivity index (χ4v) is 2.85. The number of nitro groups is 1. The second-order valence-corrected chi connectivity index (χ2v) is 6.26. The molecule has 0 bridgehead atoms. The summed E-state index contributed by atoms with van der Waals surface area (Å²) < 4.78 is 6.49. The number of hydrogen-bond donors (Lipinski definition) is 1. The molecule has 132 valence electrons. The molecule has 10 nitrogen and oxygen atoms in total. The number of carbonyl (C=O) groups excluding carboxylic acids is 1. The van der Waals surface area contributed by atoms with Crippen molar-refractivity contribution in [2.75, 3.05) is 13.7 Å². The van der Waals surface area contributed by atoms with Crippen molar-refractivity contribution in [2.24, 2.45) is 0 Å². The predicted octanol–water partition coefficient (Wildman–Crippen LogP) is 0.617. The van der Waals surface area contributed by atoms with Crippen LogP contribution < -0.4 is 0 Å². The molecule has 0 spiro atoms. The number of aromatic nitrogens is 2. The van der Waals surface area contributed by atoms with Gasteiger partial charge in [-0.1, -0.05) is 0 Å². The lowest BCUT2D eigenvalue weighted by Gasteiger charge is -2.32. The Labute approximate surface area is 138 Å². The summed E-state index contributed by atoms with van der Waals surface area (Å²) in [7, 11) is 1.51. The molecule has 1 aliphatic heterocycles. The Hall–Kier alpha value is -2.49. The molecule has 0 radical (unpaired) electrons. The molecule has 0 aliphatic carbocycles. The first-order valence-electron chi connectivity index (χ1n) is 7.42. The van der Waals surface area contributed by atoms with E-state index in [4.69, 9.17) is 9.84 Å². The maximum absolute atomic E-state index is 12.9. The molecule has 2 unspecified atom stereocenters. The average Bonchev–Trinajstić information content (AvgIpc) is 3.12. The Kier molecular flexibility index (Phi) is 4.88. The number of carbonyl (C=O) groups is 2. The van der Waals surface area contributed by atoms with E-state index in [0.29, 0.717) is 6.42 Å². The summed E-state index contributed by atoms with van der Waals surface area (Å²) in [6.45, 7) is 3.45. The van der Waals surface area contributed by atoms with E-state index in [1.54, 1.807) is 13.8 Å². The SMILES string of the molecule is COC1CC(CC(=O)O)N(C(=O)C(C)(C)n2cc([N+](=O)[O-])cn2)C1. The van der Waals surface area contributed by atoms with Crippen molar-refractivity contribution < 1.29 is 24.4 Å². The first-order chi connectivity index (χ1) is 11.2. The number of aliphatic carboxylic acids is 1. The largest absolute Gasteiger partial charge is 0.481 e. The zero-order chi connectivity index (χ0) is 18.1. The topological polar surface area (TPSA) is 128 Å². The number of rotatable bonds is 6.